The van der Waals surface area contributed by atoms with Crippen molar-refractivity contribution in [2.45, 2.75) is 26.2 Å². The third-order valence-corrected chi connectivity index (χ3v) is 8.49. The summed E-state index contributed by atoms with van der Waals surface area (Å²) in [6, 6.07) is 44.9. The fourth-order valence-corrected chi connectivity index (χ4v) is 6.70. The van der Waals surface area contributed by atoms with Crippen LogP contribution in [0.1, 0.15) is 26.3 Å². The molecule has 0 bridgehead atoms. The Hall–Kier alpha value is -4.62. The van der Waals surface area contributed by atoms with E-state index in [2.05, 4.69) is 147 Å². The molecule has 0 unspecified atom stereocenters. The first-order valence-electron chi connectivity index (χ1n) is 13.8. The molecule has 1 nitrogen and oxygen atoms in total. The number of benzene rings is 7. The summed E-state index contributed by atoms with van der Waals surface area (Å²) < 4.78 is 2.38. The second-order valence-electron chi connectivity index (χ2n) is 11.8. The molecule has 0 amide bonds. The van der Waals surface area contributed by atoms with Crippen molar-refractivity contribution in [1.29, 1.82) is 0 Å². The zero-order chi connectivity index (χ0) is 26.3. The van der Waals surface area contributed by atoms with E-state index in [1.807, 2.05) is 0 Å². The molecular formula is C38H29N. The van der Waals surface area contributed by atoms with Gasteiger partial charge in [-0.1, -0.05) is 118 Å². The van der Waals surface area contributed by atoms with Crippen LogP contribution in [0.3, 0.4) is 0 Å². The normalized spacial score (nSPS) is 12.5. The van der Waals surface area contributed by atoms with Crippen molar-refractivity contribution in [2.24, 2.45) is 0 Å². The molecule has 1 aromatic heterocycles. The second kappa shape index (κ2) is 7.94. The maximum Gasteiger partial charge on any atom is 0.0541 e. The van der Waals surface area contributed by atoms with Crippen LogP contribution in [0.5, 0.6) is 0 Å². The molecule has 0 aliphatic rings. The van der Waals surface area contributed by atoms with Gasteiger partial charge in [-0.3, -0.25) is 0 Å². The van der Waals surface area contributed by atoms with Crippen LogP contribution in [0, 0.1) is 0 Å². The molecule has 0 N–H and O–H groups in total. The van der Waals surface area contributed by atoms with Gasteiger partial charge in [0.15, 0.2) is 0 Å². The second-order valence-corrected chi connectivity index (χ2v) is 11.8. The van der Waals surface area contributed by atoms with Crippen molar-refractivity contribution in [3.05, 3.63) is 127 Å². The minimum absolute atomic E-state index is 0.0911. The van der Waals surface area contributed by atoms with Crippen LogP contribution in [0.25, 0.3) is 70.9 Å². The largest absolute Gasteiger partial charge is 0.309 e. The Morgan fingerprint density at radius 1 is 0.462 bits per heavy atom. The Labute approximate surface area is 228 Å². The van der Waals surface area contributed by atoms with Crippen LogP contribution in [0.15, 0.2) is 121 Å². The summed E-state index contributed by atoms with van der Waals surface area (Å²) in [6.07, 6.45) is 0. The van der Waals surface area contributed by atoms with Crippen LogP contribution < -0.4 is 0 Å². The predicted octanol–water partition coefficient (Wildman–Crippen LogP) is 10.6. The Bertz CT molecular complexity index is 2130. The van der Waals surface area contributed by atoms with E-state index in [9.17, 15) is 0 Å². The number of rotatable bonds is 2. The molecule has 39 heavy (non-hydrogen) atoms. The highest BCUT2D eigenvalue weighted by atomic mass is 15.0. The van der Waals surface area contributed by atoms with E-state index in [0.29, 0.717) is 0 Å². The summed E-state index contributed by atoms with van der Waals surface area (Å²) in [5.41, 5.74) is 7.69. The fraction of sp³-hybridized carbons (Fsp3) is 0.105. The van der Waals surface area contributed by atoms with Gasteiger partial charge in [-0.2, -0.15) is 0 Å². The average molecular weight is 500 g/mol. The van der Waals surface area contributed by atoms with Gasteiger partial charge in [0.05, 0.1) is 11.0 Å². The molecule has 7 aromatic carbocycles. The first-order chi connectivity index (χ1) is 19.0. The zero-order valence-electron chi connectivity index (χ0n) is 22.5. The summed E-state index contributed by atoms with van der Waals surface area (Å²) in [5.74, 6) is 0. The number of hydrogen-bond donors (Lipinski definition) is 0. The maximum absolute atomic E-state index is 2.38. The monoisotopic (exact) mass is 499 g/mol. The summed E-state index contributed by atoms with van der Waals surface area (Å²) in [5, 5.41) is 10.7. The molecule has 0 spiro atoms. The molecule has 1 heteroatoms. The van der Waals surface area contributed by atoms with E-state index in [-0.39, 0.29) is 5.41 Å². The summed E-state index contributed by atoms with van der Waals surface area (Å²) in [7, 11) is 0. The molecule has 0 radical (unpaired) electrons. The van der Waals surface area contributed by atoms with Gasteiger partial charge in [-0.05, 0) is 78.7 Å². The molecule has 0 aliphatic carbocycles. The Morgan fingerprint density at radius 3 is 1.64 bits per heavy atom. The van der Waals surface area contributed by atoms with E-state index in [1.54, 1.807) is 0 Å². The highest BCUT2D eigenvalue weighted by molar-refractivity contribution is 6.26. The fourth-order valence-electron chi connectivity index (χ4n) is 6.70. The van der Waals surface area contributed by atoms with E-state index >= 15 is 0 Å². The van der Waals surface area contributed by atoms with Gasteiger partial charge in [-0.25, -0.2) is 0 Å². The number of hydrogen-bond acceptors (Lipinski definition) is 0. The van der Waals surface area contributed by atoms with Crippen molar-refractivity contribution >= 4 is 54.1 Å². The smallest absolute Gasteiger partial charge is 0.0541 e. The van der Waals surface area contributed by atoms with E-state index in [4.69, 9.17) is 0 Å². The molecule has 186 valence electrons. The van der Waals surface area contributed by atoms with Crippen molar-refractivity contribution < 1.29 is 0 Å². The van der Waals surface area contributed by atoms with E-state index in [0.717, 1.165) is 0 Å². The average Bonchev–Trinajstić information content (AvgIpc) is 3.30. The minimum Gasteiger partial charge on any atom is -0.309 e. The Morgan fingerprint density at radius 2 is 1.00 bits per heavy atom. The lowest BCUT2D eigenvalue weighted by atomic mass is 9.81. The first kappa shape index (κ1) is 22.4. The van der Waals surface area contributed by atoms with Gasteiger partial charge in [0.25, 0.3) is 0 Å². The molecular weight excluding hydrogens is 470 g/mol. The van der Waals surface area contributed by atoms with Crippen molar-refractivity contribution in [2.75, 3.05) is 0 Å². The first-order valence-corrected chi connectivity index (χ1v) is 13.8. The quantitative estimate of drug-likeness (QED) is 0.208. The van der Waals surface area contributed by atoms with Crippen molar-refractivity contribution in [1.82, 2.24) is 4.57 Å². The van der Waals surface area contributed by atoms with E-state index in [1.165, 1.54) is 76.5 Å². The summed E-state index contributed by atoms with van der Waals surface area (Å²) >= 11 is 0. The number of para-hydroxylation sites is 2. The SMILES string of the molecule is CC(C)(C)c1ccc2ccc3c(-c4ccc(-n5c6ccccc6c6ccccc65)cc4)ccc4ccc1c2c43. The van der Waals surface area contributed by atoms with Crippen LogP contribution in [-0.4, -0.2) is 4.57 Å². The molecule has 0 saturated carbocycles. The summed E-state index contributed by atoms with van der Waals surface area (Å²) in [6.45, 7) is 6.93. The molecule has 0 saturated heterocycles. The Kier molecular flexibility index (Phi) is 4.56. The van der Waals surface area contributed by atoms with Gasteiger partial charge < -0.3 is 4.57 Å². The van der Waals surface area contributed by atoms with Crippen LogP contribution in [0.2, 0.25) is 0 Å². The number of nitrogens with zero attached hydrogens (tertiary/aromatic N) is 1. The van der Waals surface area contributed by atoms with E-state index < -0.39 is 0 Å². The predicted molar refractivity (Wildman–Crippen MR) is 169 cm³/mol. The van der Waals surface area contributed by atoms with Gasteiger partial charge in [0, 0.05) is 16.5 Å². The van der Waals surface area contributed by atoms with Crippen LogP contribution in [-0.2, 0) is 5.41 Å². The topological polar surface area (TPSA) is 4.93 Å². The molecule has 8 aromatic rings. The zero-order valence-corrected chi connectivity index (χ0v) is 22.5. The lowest BCUT2D eigenvalue weighted by Gasteiger charge is -2.23. The highest BCUT2D eigenvalue weighted by Crippen LogP contribution is 2.42. The van der Waals surface area contributed by atoms with Crippen molar-refractivity contribution in [3.8, 4) is 16.8 Å². The molecule has 0 fully saturated rings. The standard InChI is InChI=1S/C38H29N/c1-38(2,3)33-23-17-26-15-21-31-28(20-14-25-16-22-32(33)37(26)36(25)31)24-12-18-27(19-13-24)39-34-10-6-4-8-29(34)30-9-5-7-11-35(30)39/h4-23H,1-3H3. The third kappa shape index (κ3) is 3.20. The van der Waals surface area contributed by atoms with Crippen LogP contribution >= 0.6 is 0 Å². The molecule has 0 aliphatic heterocycles. The van der Waals surface area contributed by atoms with Gasteiger partial charge in [0.1, 0.15) is 0 Å². The Balaban J connectivity index is 1.33. The molecule has 8 rings (SSSR count). The van der Waals surface area contributed by atoms with Gasteiger partial charge in [0.2, 0.25) is 0 Å². The van der Waals surface area contributed by atoms with Crippen LogP contribution in [0.4, 0.5) is 0 Å². The lowest BCUT2D eigenvalue weighted by Crippen LogP contribution is -2.11. The molecule has 1 heterocycles. The summed E-state index contributed by atoms with van der Waals surface area (Å²) in [4.78, 5) is 0. The molecule has 0 atom stereocenters. The lowest BCUT2D eigenvalue weighted by molar-refractivity contribution is 0.596. The maximum atomic E-state index is 2.38. The number of fused-ring (bicyclic) bond motifs is 3. The van der Waals surface area contributed by atoms with Crippen molar-refractivity contribution in [3.63, 3.8) is 0 Å². The number of aromatic nitrogens is 1. The minimum atomic E-state index is 0.0911. The highest BCUT2D eigenvalue weighted by Gasteiger charge is 2.20. The van der Waals surface area contributed by atoms with Gasteiger partial charge in [-0.15, -0.1) is 0 Å². The third-order valence-electron chi connectivity index (χ3n) is 8.49. The van der Waals surface area contributed by atoms with Gasteiger partial charge >= 0.3 is 0 Å².